The highest BCUT2D eigenvalue weighted by Crippen LogP contribution is 2.32. The van der Waals surface area contributed by atoms with E-state index in [0.717, 1.165) is 0 Å². The lowest BCUT2D eigenvalue weighted by Gasteiger charge is -2.12. The zero-order chi connectivity index (χ0) is 14.0. The summed E-state index contributed by atoms with van der Waals surface area (Å²) in [6, 6.07) is 4.11. The van der Waals surface area contributed by atoms with Gasteiger partial charge in [-0.15, -0.1) is 35.0 Å². The molecule has 2 aromatic rings. The predicted molar refractivity (Wildman–Crippen MR) is 65.3 cm³/mol. The number of aromatic nitrogens is 3. The van der Waals surface area contributed by atoms with Crippen molar-refractivity contribution in [2.45, 2.75) is 12.2 Å². The third kappa shape index (κ3) is 3.38. The van der Waals surface area contributed by atoms with Crippen LogP contribution < -0.4 is 4.74 Å². The first-order chi connectivity index (χ1) is 8.90. The first kappa shape index (κ1) is 14.1. The molecule has 0 radical (unpaired) electrons. The maximum absolute atomic E-state index is 12.1. The topological polar surface area (TPSA) is 39.9 Å². The molecule has 0 aliphatic carbocycles. The quantitative estimate of drug-likeness (QED) is 0.788. The van der Waals surface area contributed by atoms with E-state index < -0.39 is 6.36 Å². The molecule has 0 bridgehead atoms. The first-order valence-corrected chi connectivity index (χ1v) is 6.24. The van der Waals surface area contributed by atoms with Gasteiger partial charge in [0, 0.05) is 5.69 Å². The van der Waals surface area contributed by atoms with Crippen LogP contribution in [0.15, 0.2) is 29.0 Å². The molecule has 0 atom stereocenters. The molecule has 0 fully saturated rings. The fourth-order valence-corrected chi connectivity index (χ4v) is 2.04. The lowest BCUT2D eigenvalue weighted by atomic mass is 10.3. The van der Waals surface area contributed by atoms with E-state index in [9.17, 15) is 13.2 Å². The summed E-state index contributed by atoms with van der Waals surface area (Å²) in [7, 11) is 0. The Kier molecular flexibility index (Phi) is 4.00. The summed E-state index contributed by atoms with van der Waals surface area (Å²) in [5.74, 6) is 0.299. The van der Waals surface area contributed by atoms with Crippen molar-refractivity contribution in [3.63, 3.8) is 0 Å². The van der Waals surface area contributed by atoms with Crippen LogP contribution in [0.3, 0.4) is 0 Å². The molecular formula is C10H6BrClF3N3O. The zero-order valence-corrected chi connectivity index (χ0v) is 11.5. The number of ether oxygens (including phenoxy) is 1. The highest BCUT2D eigenvalue weighted by Gasteiger charge is 2.32. The number of nitrogens with zero attached hydrogens (tertiary/aromatic N) is 3. The molecule has 19 heavy (non-hydrogen) atoms. The van der Waals surface area contributed by atoms with Crippen molar-refractivity contribution in [1.82, 2.24) is 14.8 Å². The van der Waals surface area contributed by atoms with Crippen molar-refractivity contribution in [2.75, 3.05) is 0 Å². The molecule has 2 rings (SSSR count). The van der Waals surface area contributed by atoms with Crippen LogP contribution in [0.2, 0.25) is 0 Å². The van der Waals surface area contributed by atoms with Crippen LogP contribution in [-0.4, -0.2) is 21.1 Å². The average molecular weight is 357 g/mol. The van der Waals surface area contributed by atoms with E-state index in [1.807, 2.05) is 0 Å². The summed E-state index contributed by atoms with van der Waals surface area (Å²) in [5.41, 5.74) is 0.571. The Labute approximate surface area is 119 Å². The number of halogens is 5. The highest BCUT2D eigenvalue weighted by atomic mass is 79.9. The second-order valence-corrected chi connectivity index (χ2v) is 4.53. The Morgan fingerprint density at radius 3 is 2.68 bits per heavy atom. The number of benzene rings is 1. The summed E-state index contributed by atoms with van der Waals surface area (Å²) in [6.07, 6.45) is -3.31. The number of hydrogen-bond acceptors (Lipinski definition) is 3. The molecule has 9 heteroatoms. The Hall–Kier alpha value is -1.28. The van der Waals surface area contributed by atoms with Crippen LogP contribution in [0.25, 0.3) is 5.69 Å². The molecule has 0 unspecified atom stereocenters. The van der Waals surface area contributed by atoms with Gasteiger partial charge in [-0.2, -0.15) is 0 Å². The lowest BCUT2D eigenvalue weighted by molar-refractivity contribution is -0.274. The average Bonchev–Trinajstić information content (AvgIpc) is 2.78. The molecule has 4 nitrogen and oxygen atoms in total. The molecule has 1 aromatic carbocycles. The Morgan fingerprint density at radius 1 is 1.37 bits per heavy atom. The van der Waals surface area contributed by atoms with Gasteiger partial charge < -0.3 is 4.74 Å². The third-order valence-corrected chi connectivity index (χ3v) is 3.02. The van der Waals surface area contributed by atoms with E-state index in [1.54, 1.807) is 4.57 Å². The summed E-state index contributed by atoms with van der Waals surface area (Å²) < 4.78 is 42.0. The summed E-state index contributed by atoms with van der Waals surface area (Å²) in [6.45, 7) is 0. The fourth-order valence-electron chi connectivity index (χ4n) is 1.41. The molecule has 1 aromatic heterocycles. The molecule has 0 N–H and O–H groups in total. The molecule has 1 heterocycles. The standard InChI is InChI=1S/C10H6BrClF3N3O/c11-7-3-6(18-5-16-17-9(18)4-12)1-2-8(7)19-10(13,14)15/h1-3,5H,4H2. The Morgan fingerprint density at radius 2 is 2.11 bits per heavy atom. The number of alkyl halides is 4. The molecule has 0 aliphatic heterocycles. The smallest absolute Gasteiger partial charge is 0.405 e. The molecule has 0 spiro atoms. The van der Waals surface area contributed by atoms with Gasteiger partial charge in [0.1, 0.15) is 12.1 Å². The zero-order valence-electron chi connectivity index (χ0n) is 9.16. The lowest BCUT2D eigenvalue weighted by Crippen LogP contribution is -2.17. The van der Waals surface area contributed by atoms with Crippen LogP contribution in [0, 0.1) is 0 Å². The summed E-state index contributed by atoms with van der Waals surface area (Å²) in [4.78, 5) is 0. The van der Waals surface area contributed by atoms with E-state index in [2.05, 4.69) is 30.9 Å². The van der Waals surface area contributed by atoms with Crippen LogP contribution in [0.1, 0.15) is 5.82 Å². The maximum Gasteiger partial charge on any atom is 0.573 e. The second kappa shape index (κ2) is 5.38. The molecule has 0 amide bonds. The molecule has 0 saturated heterocycles. The van der Waals surface area contributed by atoms with Gasteiger partial charge in [0.25, 0.3) is 0 Å². The molecule has 0 aliphatic rings. The van der Waals surface area contributed by atoms with Gasteiger partial charge >= 0.3 is 6.36 Å². The van der Waals surface area contributed by atoms with Crippen molar-refractivity contribution < 1.29 is 17.9 Å². The van der Waals surface area contributed by atoms with Crippen LogP contribution in [0.4, 0.5) is 13.2 Å². The SMILES string of the molecule is FC(F)(F)Oc1ccc(-n2cnnc2CCl)cc1Br. The van der Waals surface area contributed by atoms with E-state index in [4.69, 9.17) is 11.6 Å². The number of hydrogen-bond donors (Lipinski definition) is 0. The van der Waals surface area contributed by atoms with Crippen LogP contribution >= 0.6 is 27.5 Å². The van der Waals surface area contributed by atoms with E-state index in [-0.39, 0.29) is 16.1 Å². The van der Waals surface area contributed by atoms with Crippen molar-refractivity contribution in [3.05, 3.63) is 34.8 Å². The van der Waals surface area contributed by atoms with Gasteiger partial charge in [-0.05, 0) is 34.1 Å². The second-order valence-electron chi connectivity index (χ2n) is 3.41. The number of rotatable bonds is 3. The molecular weight excluding hydrogens is 350 g/mol. The molecule has 0 saturated carbocycles. The largest absolute Gasteiger partial charge is 0.573 e. The van der Waals surface area contributed by atoms with Gasteiger partial charge in [0.15, 0.2) is 5.82 Å². The Bertz CT molecular complexity index is 588. The van der Waals surface area contributed by atoms with E-state index >= 15 is 0 Å². The highest BCUT2D eigenvalue weighted by molar-refractivity contribution is 9.10. The van der Waals surface area contributed by atoms with Gasteiger partial charge in [0.2, 0.25) is 0 Å². The van der Waals surface area contributed by atoms with E-state index in [0.29, 0.717) is 11.5 Å². The van der Waals surface area contributed by atoms with Gasteiger partial charge in [-0.25, -0.2) is 0 Å². The maximum atomic E-state index is 12.1. The van der Waals surface area contributed by atoms with Crippen molar-refractivity contribution in [3.8, 4) is 11.4 Å². The minimum atomic E-state index is -4.73. The predicted octanol–water partition coefficient (Wildman–Crippen LogP) is 3.67. The van der Waals surface area contributed by atoms with Crippen molar-refractivity contribution >= 4 is 27.5 Å². The Balaban J connectivity index is 2.34. The fraction of sp³-hybridized carbons (Fsp3) is 0.200. The van der Waals surface area contributed by atoms with Crippen LogP contribution in [0.5, 0.6) is 5.75 Å². The van der Waals surface area contributed by atoms with E-state index in [1.165, 1.54) is 24.5 Å². The monoisotopic (exact) mass is 355 g/mol. The van der Waals surface area contributed by atoms with Gasteiger partial charge in [-0.3, -0.25) is 4.57 Å². The first-order valence-electron chi connectivity index (χ1n) is 4.91. The minimum absolute atomic E-state index is 0.137. The van der Waals surface area contributed by atoms with Gasteiger partial charge in [-0.1, -0.05) is 0 Å². The van der Waals surface area contributed by atoms with Crippen molar-refractivity contribution in [2.24, 2.45) is 0 Å². The molecule has 102 valence electrons. The normalized spacial score (nSPS) is 11.6. The van der Waals surface area contributed by atoms with Gasteiger partial charge in [0.05, 0.1) is 10.4 Å². The minimum Gasteiger partial charge on any atom is -0.405 e. The summed E-state index contributed by atoms with van der Waals surface area (Å²) in [5, 5.41) is 7.46. The summed E-state index contributed by atoms with van der Waals surface area (Å²) >= 11 is 8.69. The third-order valence-electron chi connectivity index (χ3n) is 2.16. The van der Waals surface area contributed by atoms with Crippen molar-refractivity contribution in [1.29, 1.82) is 0 Å². The van der Waals surface area contributed by atoms with Crippen LogP contribution in [-0.2, 0) is 5.88 Å².